The number of hydrogen-bond donors (Lipinski definition) is 0. The summed E-state index contributed by atoms with van der Waals surface area (Å²) < 4.78 is 0. The topological polar surface area (TPSA) is 50.0 Å². The van der Waals surface area contributed by atoms with Gasteiger partial charge in [0.1, 0.15) is 11.7 Å². The predicted octanol–water partition coefficient (Wildman–Crippen LogP) is 1.03. The third-order valence-corrected chi connectivity index (χ3v) is 2.61. The van der Waals surface area contributed by atoms with Crippen molar-refractivity contribution in [3.8, 4) is 0 Å². The van der Waals surface area contributed by atoms with Gasteiger partial charge >= 0.3 is 0 Å². The van der Waals surface area contributed by atoms with Crippen LogP contribution in [0.5, 0.6) is 0 Å². The van der Waals surface area contributed by atoms with Crippen molar-refractivity contribution in [1.29, 1.82) is 0 Å². The van der Waals surface area contributed by atoms with Crippen LogP contribution in [0.4, 0.5) is 0 Å². The van der Waals surface area contributed by atoms with Gasteiger partial charge in [0.05, 0.1) is 11.1 Å². The highest BCUT2D eigenvalue weighted by Gasteiger charge is 2.15. The van der Waals surface area contributed by atoms with E-state index in [-0.39, 0.29) is 0 Å². The van der Waals surface area contributed by atoms with E-state index in [1.807, 2.05) is 13.0 Å². The van der Waals surface area contributed by atoms with Gasteiger partial charge in [-0.05, 0) is 18.9 Å². The minimum atomic E-state index is -0.523. The van der Waals surface area contributed by atoms with Crippen molar-refractivity contribution in [1.82, 2.24) is 4.98 Å². The largest absolute Gasteiger partial charge is 0.259 e. The fourth-order valence-corrected chi connectivity index (χ4v) is 1.79. The van der Waals surface area contributed by atoms with Crippen LogP contribution in [-0.4, -0.2) is 16.7 Å². The third-order valence-electron chi connectivity index (χ3n) is 2.33. The van der Waals surface area contributed by atoms with E-state index in [0.717, 1.165) is 16.4 Å². The summed E-state index contributed by atoms with van der Waals surface area (Å²) in [5, 5.41) is 1.17. The number of aromatic nitrogens is 1. The molecule has 4 nitrogen and oxygen atoms in total. The Labute approximate surface area is 96.9 Å². The Kier molecular flexibility index (Phi) is 2.85. The molecule has 0 amide bonds. The van der Waals surface area contributed by atoms with Gasteiger partial charge < -0.3 is 0 Å². The van der Waals surface area contributed by atoms with Crippen molar-refractivity contribution >= 4 is 15.6 Å². The molecule has 16 heavy (non-hydrogen) atoms. The minimum absolute atomic E-state index is 0.330. The standard InChI is InChI=1S/C11H15N4P/c1-7(2)9-10-8(4-5-12-9)15-11(3,16)14-6-13-10/h4-7H,16H2,1-3H3. The maximum Gasteiger partial charge on any atom is 0.162 e. The molecule has 0 fully saturated rings. The fourth-order valence-electron chi connectivity index (χ4n) is 1.58. The molecule has 0 aliphatic carbocycles. The van der Waals surface area contributed by atoms with Gasteiger partial charge in [-0.2, -0.15) is 0 Å². The average molecular weight is 234 g/mol. The average Bonchev–Trinajstić information content (AvgIpc) is 2.33. The van der Waals surface area contributed by atoms with E-state index in [4.69, 9.17) is 0 Å². The van der Waals surface area contributed by atoms with E-state index in [9.17, 15) is 0 Å². The molecule has 0 spiro atoms. The monoisotopic (exact) mass is 234 g/mol. The van der Waals surface area contributed by atoms with Gasteiger partial charge in [-0.25, -0.2) is 15.0 Å². The Morgan fingerprint density at radius 3 is 2.81 bits per heavy atom. The second-order valence-electron chi connectivity index (χ2n) is 4.30. The van der Waals surface area contributed by atoms with E-state index in [0.29, 0.717) is 5.92 Å². The molecule has 2 atom stereocenters. The lowest BCUT2D eigenvalue weighted by Crippen LogP contribution is -2.32. The number of nitrogens with zero attached hydrogens (tertiary/aromatic N) is 4. The quantitative estimate of drug-likeness (QED) is 0.670. The number of pyridine rings is 1. The second-order valence-corrected chi connectivity index (χ2v) is 5.39. The number of aliphatic imine (C=N–C) groups is 1. The first-order valence-electron chi connectivity index (χ1n) is 5.25. The molecule has 1 aliphatic heterocycles. The number of hydrogen-bond acceptors (Lipinski definition) is 4. The summed E-state index contributed by atoms with van der Waals surface area (Å²) in [5.74, 6) is 0.330. The maximum atomic E-state index is 4.55. The zero-order valence-electron chi connectivity index (χ0n) is 9.68. The fraction of sp³-hybridized carbons (Fsp3) is 0.455. The van der Waals surface area contributed by atoms with Gasteiger partial charge in [-0.3, -0.25) is 4.98 Å². The molecule has 84 valence electrons. The van der Waals surface area contributed by atoms with Crippen LogP contribution in [-0.2, 0) is 0 Å². The first-order valence-corrected chi connectivity index (χ1v) is 5.82. The van der Waals surface area contributed by atoms with Crippen LogP contribution in [0.2, 0.25) is 0 Å². The molecular formula is C11H15N4P. The predicted molar refractivity (Wildman–Crippen MR) is 67.2 cm³/mol. The van der Waals surface area contributed by atoms with E-state index < -0.39 is 5.40 Å². The van der Waals surface area contributed by atoms with Crippen molar-refractivity contribution < 1.29 is 0 Å². The SMILES string of the molecule is CC(C)c1nccc2c1=NC=NC(C)(P)N=2. The minimum Gasteiger partial charge on any atom is -0.259 e. The highest BCUT2D eigenvalue weighted by atomic mass is 31.0. The first-order chi connectivity index (χ1) is 7.49. The van der Waals surface area contributed by atoms with E-state index in [1.165, 1.54) is 0 Å². The number of fused-ring (bicyclic) bond motifs is 1. The zero-order chi connectivity index (χ0) is 11.8. The van der Waals surface area contributed by atoms with Gasteiger partial charge in [0.2, 0.25) is 0 Å². The molecule has 1 aromatic heterocycles. The van der Waals surface area contributed by atoms with Crippen LogP contribution >= 0.6 is 9.24 Å². The Hall–Kier alpha value is -1.15. The van der Waals surface area contributed by atoms with Gasteiger partial charge in [0.15, 0.2) is 5.40 Å². The molecular weight excluding hydrogens is 219 g/mol. The highest BCUT2D eigenvalue weighted by Crippen LogP contribution is 2.19. The van der Waals surface area contributed by atoms with Gasteiger partial charge in [-0.15, -0.1) is 0 Å². The Morgan fingerprint density at radius 1 is 1.38 bits per heavy atom. The summed E-state index contributed by atoms with van der Waals surface area (Å²) in [4.78, 5) is 17.5. The molecule has 0 radical (unpaired) electrons. The second kappa shape index (κ2) is 4.02. The van der Waals surface area contributed by atoms with Crippen LogP contribution < -0.4 is 10.7 Å². The molecule has 1 aliphatic rings. The molecule has 1 aromatic rings. The van der Waals surface area contributed by atoms with Gasteiger partial charge in [0.25, 0.3) is 0 Å². The van der Waals surface area contributed by atoms with Crippen molar-refractivity contribution in [2.24, 2.45) is 15.0 Å². The highest BCUT2D eigenvalue weighted by molar-refractivity contribution is 7.18. The van der Waals surface area contributed by atoms with Crippen molar-refractivity contribution in [2.75, 3.05) is 0 Å². The molecule has 0 saturated carbocycles. The Morgan fingerprint density at radius 2 is 2.12 bits per heavy atom. The molecule has 2 rings (SSSR count). The number of rotatable bonds is 1. The van der Waals surface area contributed by atoms with E-state index in [2.05, 4.69) is 43.0 Å². The Balaban J connectivity index is 2.78. The summed E-state index contributed by atoms with van der Waals surface area (Å²) >= 11 is 0. The summed E-state index contributed by atoms with van der Waals surface area (Å²) in [6.07, 6.45) is 3.34. The van der Waals surface area contributed by atoms with Crippen LogP contribution in [0.25, 0.3) is 0 Å². The van der Waals surface area contributed by atoms with E-state index in [1.54, 1.807) is 12.5 Å². The molecule has 2 heterocycles. The lowest BCUT2D eigenvalue weighted by Gasteiger charge is -2.11. The Bertz CT molecular complexity index is 546. The van der Waals surface area contributed by atoms with Crippen LogP contribution in [0.15, 0.2) is 27.2 Å². The van der Waals surface area contributed by atoms with E-state index >= 15 is 0 Å². The summed E-state index contributed by atoms with van der Waals surface area (Å²) in [6.45, 7) is 6.12. The van der Waals surface area contributed by atoms with Crippen LogP contribution in [0.3, 0.4) is 0 Å². The molecule has 0 saturated heterocycles. The van der Waals surface area contributed by atoms with Crippen molar-refractivity contribution in [3.63, 3.8) is 0 Å². The molecule has 0 aromatic carbocycles. The van der Waals surface area contributed by atoms with Gasteiger partial charge in [0, 0.05) is 6.20 Å². The molecule has 5 heteroatoms. The lowest BCUT2D eigenvalue weighted by molar-refractivity contribution is 0.701. The summed E-state index contributed by atoms with van der Waals surface area (Å²) in [6, 6.07) is 1.88. The molecule has 2 unspecified atom stereocenters. The summed E-state index contributed by atoms with van der Waals surface area (Å²) in [5.41, 5.74) is 0.968. The normalized spacial score (nSPS) is 23.3. The molecule has 0 bridgehead atoms. The van der Waals surface area contributed by atoms with Crippen LogP contribution in [0, 0.1) is 0 Å². The lowest BCUT2D eigenvalue weighted by atomic mass is 10.1. The van der Waals surface area contributed by atoms with Gasteiger partial charge in [-0.1, -0.05) is 23.1 Å². The maximum absolute atomic E-state index is 4.55. The van der Waals surface area contributed by atoms with Crippen LogP contribution in [0.1, 0.15) is 32.4 Å². The zero-order valence-corrected chi connectivity index (χ0v) is 10.8. The first kappa shape index (κ1) is 11.3. The van der Waals surface area contributed by atoms with Crippen molar-refractivity contribution in [2.45, 2.75) is 32.1 Å². The third kappa shape index (κ3) is 2.17. The smallest absolute Gasteiger partial charge is 0.162 e. The summed E-state index contributed by atoms with van der Waals surface area (Å²) in [7, 11) is 2.61. The molecule has 0 N–H and O–H groups in total. The van der Waals surface area contributed by atoms with Crippen molar-refractivity contribution in [3.05, 3.63) is 28.7 Å².